The lowest BCUT2D eigenvalue weighted by atomic mass is 10.2. The number of alkyl halides is 1. The van der Waals surface area contributed by atoms with Gasteiger partial charge in [0.2, 0.25) is 0 Å². The fourth-order valence-electron chi connectivity index (χ4n) is 1.32. The highest BCUT2D eigenvalue weighted by Crippen LogP contribution is 2.35. The van der Waals surface area contributed by atoms with E-state index in [0.29, 0.717) is 24.7 Å². The largest absolute Gasteiger partial charge is 0.491 e. The van der Waals surface area contributed by atoms with Crippen molar-refractivity contribution in [2.75, 3.05) is 18.6 Å². The minimum Gasteiger partial charge on any atom is -0.491 e. The van der Waals surface area contributed by atoms with Gasteiger partial charge in [0, 0.05) is 12.1 Å². The van der Waals surface area contributed by atoms with E-state index in [0.717, 1.165) is 14.5 Å². The number of hydrogen-bond acceptors (Lipinski definition) is 3. The molecular weight excluding hydrogens is 407 g/mol. The molecule has 3 nitrogen and oxygen atoms in total. The van der Waals surface area contributed by atoms with Gasteiger partial charge >= 0.3 is 0 Å². The van der Waals surface area contributed by atoms with Gasteiger partial charge in [-0.1, -0.05) is 0 Å². The maximum atomic E-state index is 11.0. The number of ether oxygens (including phenoxy) is 1. The van der Waals surface area contributed by atoms with Gasteiger partial charge in [-0.25, -0.2) is 8.42 Å². The quantitative estimate of drug-likeness (QED) is 0.520. The third kappa shape index (κ3) is 5.47. The summed E-state index contributed by atoms with van der Waals surface area (Å²) in [6, 6.07) is 3.76. The summed E-state index contributed by atoms with van der Waals surface area (Å²) in [5.74, 6) is 1.21. The zero-order valence-corrected chi connectivity index (χ0v) is 14.5. The third-order valence-electron chi connectivity index (χ3n) is 2.12. The molecule has 0 atom stereocenters. The molecule has 1 aromatic rings. The highest BCUT2D eigenvalue weighted by atomic mass is 79.9. The Labute approximate surface area is 129 Å². The van der Waals surface area contributed by atoms with Crippen LogP contribution in [0.3, 0.4) is 0 Å². The molecule has 0 heterocycles. The Kier molecular flexibility index (Phi) is 6.44. The number of halogens is 3. The van der Waals surface area contributed by atoms with E-state index >= 15 is 0 Å². The Morgan fingerprint density at radius 1 is 1.28 bits per heavy atom. The molecule has 0 unspecified atom stereocenters. The summed E-state index contributed by atoms with van der Waals surface area (Å²) >= 11 is 12.5. The molecule has 18 heavy (non-hydrogen) atoms. The molecule has 1 rings (SSSR count). The molecule has 0 aliphatic carbocycles. The van der Waals surface area contributed by atoms with Gasteiger partial charge in [0.15, 0.2) is 0 Å². The second-order valence-corrected chi connectivity index (χ2v) is 8.09. The lowest BCUT2D eigenvalue weighted by Gasteiger charge is -2.11. The zero-order chi connectivity index (χ0) is 13.8. The van der Waals surface area contributed by atoms with Crippen molar-refractivity contribution >= 4 is 53.3 Å². The van der Waals surface area contributed by atoms with E-state index in [1.165, 1.54) is 6.26 Å². The van der Waals surface area contributed by atoms with Crippen molar-refractivity contribution in [2.24, 2.45) is 0 Å². The fraction of sp³-hybridized carbons (Fsp3) is 0.455. The van der Waals surface area contributed by atoms with Crippen molar-refractivity contribution in [3.05, 3.63) is 26.6 Å². The van der Waals surface area contributed by atoms with Crippen LogP contribution < -0.4 is 4.74 Å². The minimum absolute atomic E-state index is 0.127. The molecule has 0 fully saturated rings. The Bertz CT molecular complexity index is 494. The zero-order valence-electron chi connectivity index (χ0n) is 9.75. The van der Waals surface area contributed by atoms with E-state index < -0.39 is 9.84 Å². The summed E-state index contributed by atoms with van der Waals surface area (Å²) < 4.78 is 29.1. The van der Waals surface area contributed by atoms with Crippen molar-refractivity contribution in [3.63, 3.8) is 0 Å². The summed E-state index contributed by atoms with van der Waals surface area (Å²) in [5.41, 5.74) is 0.971. The molecular formula is C11H13Br2ClO3S. The van der Waals surface area contributed by atoms with E-state index in [1.54, 1.807) is 0 Å². The first-order valence-electron chi connectivity index (χ1n) is 5.18. The van der Waals surface area contributed by atoms with Gasteiger partial charge in [-0.2, -0.15) is 0 Å². The maximum Gasteiger partial charge on any atom is 0.147 e. The molecule has 0 saturated carbocycles. The normalized spacial score (nSPS) is 11.6. The van der Waals surface area contributed by atoms with Crippen molar-refractivity contribution in [2.45, 2.75) is 12.3 Å². The first-order valence-corrected chi connectivity index (χ1v) is 9.36. The first kappa shape index (κ1) is 16.3. The Hall–Kier alpha value is 0.220. The maximum absolute atomic E-state index is 11.0. The van der Waals surface area contributed by atoms with Crippen molar-refractivity contribution in [3.8, 4) is 5.75 Å². The summed E-state index contributed by atoms with van der Waals surface area (Å²) in [6.07, 6.45) is 1.68. The molecule has 0 amide bonds. The van der Waals surface area contributed by atoms with Crippen molar-refractivity contribution in [1.29, 1.82) is 0 Å². The van der Waals surface area contributed by atoms with Crippen LogP contribution in [0.4, 0.5) is 0 Å². The predicted octanol–water partition coefficient (Wildman–Crippen LogP) is 3.76. The molecule has 102 valence electrons. The highest BCUT2D eigenvalue weighted by Gasteiger charge is 2.09. The molecule has 0 N–H and O–H groups in total. The monoisotopic (exact) mass is 418 g/mol. The predicted molar refractivity (Wildman–Crippen MR) is 81.2 cm³/mol. The van der Waals surface area contributed by atoms with Gasteiger partial charge in [-0.05, 0) is 56.0 Å². The van der Waals surface area contributed by atoms with Crippen molar-refractivity contribution < 1.29 is 13.2 Å². The Balaban J connectivity index is 2.63. The molecule has 0 bridgehead atoms. The molecule has 1 aromatic carbocycles. The second-order valence-electron chi connectivity index (χ2n) is 3.85. The smallest absolute Gasteiger partial charge is 0.147 e. The van der Waals surface area contributed by atoms with Crippen LogP contribution in [-0.4, -0.2) is 27.0 Å². The standard InChI is InChI=1S/C11H13Br2ClO3S/c1-18(15,16)4-2-3-17-11-9(12)5-8(7-14)6-10(11)13/h5-6H,2-4,7H2,1H3. The Morgan fingerprint density at radius 3 is 2.28 bits per heavy atom. The summed E-state index contributed by atoms with van der Waals surface area (Å²) in [5, 5.41) is 0. The van der Waals surface area contributed by atoms with Crippen LogP contribution in [-0.2, 0) is 15.7 Å². The lowest BCUT2D eigenvalue weighted by Crippen LogP contribution is -2.08. The van der Waals surface area contributed by atoms with E-state index in [2.05, 4.69) is 31.9 Å². The van der Waals surface area contributed by atoms with Gasteiger partial charge < -0.3 is 4.74 Å². The number of benzene rings is 1. The Morgan fingerprint density at radius 2 is 1.83 bits per heavy atom. The van der Waals surface area contributed by atoms with Crippen LogP contribution in [0.25, 0.3) is 0 Å². The third-order valence-corrected chi connectivity index (χ3v) is 4.64. The van der Waals surface area contributed by atoms with Crippen LogP contribution in [0.15, 0.2) is 21.1 Å². The summed E-state index contributed by atoms with van der Waals surface area (Å²) in [7, 11) is -2.93. The van der Waals surface area contributed by atoms with Gasteiger partial charge in [-0.3, -0.25) is 0 Å². The fourth-order valence-corrected chi connectivity index (χ4v) is 3.63. The number of hydrogen-bond donors (Lipinski definition) is 0. The van der Waals surface area contributed by atoms with Gasteiger partial charge in [0.05, 0.1) is 21.3 Å². The van der Waals surface area contributed by atoms with Gasteiger partial charge in [0.1, 0.15) is 15.6 Å². The molecule has 0 aliphatic rings. The molecule has 0 radical (unpaired) electrons. The summed E-state index contributed by atoms with van der Waals surface area (Å²) in [6.45, 7) is 0.352. The van der Waals surface area contributed by atoms with Crippen LogP contribution >= 0.6 is 43.5 Å². The van der Waals surface area contributed by atoms with Crippen LogP contribution in [0.2, 0.25) is 0 Å². The summed E-state index contributed by atoms with van der Waals surface area (Å²) in [4.78, 5) is 0. The van der Waals surface area contributed by atoms with E-state index in [4.69, 9.17) is 16.3 Å². The van der Waals surface area contributed by atoms with E-state index in [9.17, 15) is 8.42 Å². The number of sulfone groups is 1. The topological polar surface area (TPSA) is 43.4 Å². The van der Waals surface area contributed by atoms with Gasteiger partial charge in [0.25, 0.3) is 0 Å². The molecule has 0 spiro atoms. The molecule has 0 aromatic heterocycles. The highest BCUT2D eigenvalue weighted by molar-refractivity contribution is 9.11. The molecule has 7 heteroatoms. The molecule has 0 saturated heterocycles. The van der Waals surface area contributed by atoms with Crippen LogP contribution in [0.1, 0.15) is 12.0 Å². The average molecular weight is 421 g/mol. The van der Waals surface area contributed by atoms with Crippen LogP contribution in [0, 0.1) is 0 Å². The van der Waals surface area contributed by atoms with Crippen LogP contribution in [0.5, 0.6) is 5.75 Å². The number of rotatable bonds is 6. The SMILES string of the molecule is CS(=O)(=O)CCCOc1c(Br)cc(CCl)cc1Br. The minimum atomic E-state index is -2.93. The first-order chi connectivity index (χ1) is 8.33. The van der Waals surface area contributed by atoms with E-state index in [-0.39, 0.29) is 5.75 Å². The average Bonchev–Trinajstić information content (AvgIpc) is 2.25. The second kappa shape index (κ2) is 7.12. The van der Waals surface area contributed by atoms with E-state index in [1.807, 2.05) is 12.1 Å². The van der Waals surface area contributed by atoms with Gasteiger partial charge in [-0.15, -0.1) is 11.6 Å². The van der Waals surface area contributed by atoms with Crippen molar-refractivity contribution in [1.82, 2.24) is 0 Å². The lowest BCUT2D eigenvalue weighted by molar-refractivity contribution is 0.314. The molecule has 0 aliphatic heterocycles.